The molecule has 2 unspecified atom stereocenters. The second-order valence-corrected chi connectivity index (χ2v) is 8.16. The third-order valence-corrected chi connectivity index (χ3v) is 5.34. The van der Waals surface area contributed by atoms with Crippen LogP contribution >= 0.6 is 11.6 Å². The molecule has 2 atom stereocenters. The lowest BCUT2D eigenvalue weighted by atomic mass is 9.94. The molecule has 0 spiro atoms. The summed E-state index contributed by atoms with van der Waals surface area (Å²) in [6.07, 6.45) is 1.12. The molecule has 0 heterocycles. The molecule has 2 rings (SSSR count). The van der Waals surface area contributed by atoms with Crippen LogP contribution in [0.15, 0.2) is 42.5 Å². The lowest BCUT2D eigenvalue weighted by molar-refractivity contribution is -0.149. The molecule has 0 fully saturated rings. The molecule has 0 aliphatic rings. The molecule has 31 heavy (non-hydrogen) atoms. The maximum absolute atomic E-state index is 14.1. The molecule has 7 heteroatoms. The molecular weight excluding hydrogens is 419 g/mol. The minimum absolute atomic E-state index is 0.209. The van der Waals surface area contributed by atoms with Crippen molar-refractivity contribution in [3.05, 3.63) is 58.9 Å². The molecule has 2 aromatic rings. The van der Waals surface area contributed by atoms with E-state index in [2.05, 4.69) is 0 Å². The molecule has 5 nitrogen and oxygen atoms in total. The molecule has 170 valence electrons. The van der Waals surface area contributed by atoms with Crippen molar-refractivity contribution >= 4 is 17.6 Å². The van der Waals surface area contributed by atoms with Gasteiger partial charge in [-0.15, -0.1) is 0 Å². The number of methoxy groups -OCH3 is 1. The third kappa shape index (κ3) is 8.22. The highest BCUT2D eigenvalue weighted by Crippen LogP contribution is 2.26. The van der Waals surface area contributed by atoms with Gasteiger partial charge in [-0.25, -0.2) is 4.39 Å². The largest absolute Gasteiger partial charge is 0.466 e. The number of nitrogens with two attached hydrogens (primary N) is 1. The first kappa shape index (κ1) is 25.3. The van der Waals surface area contributed by atoms with E-state index in [1.165, 1.54) is 12.1 Å². The van der Waals surface area contributed by atoms with Gasteiger partial charge in [-0.3, -0.25) is 4.79 Å². The lowest BCUT2D eigenvalue weighted by Crippen LogP contribution is -2.38. The molecule has 0 saturated heterocycles. The standard InChI is InChI=1S/C24H32ClFN2O3/c1-4-31-24(29)19(16-28(2)11-12-30-3)14-21(27)13-17-5-7-18(8-6-17)22-15-20(25)9-10-23(22)26/h5-10,15,19,21H,4,11-14,16,27H2,1-3H3. The smallest absolute Gasteiger partial charge is 0.310 e. The Kier molecular flexibility index (Phi) is 10.4. The number of likely N-dealkylation sites (N-methyl/N-ethyl adjacent to an activating group) is 1. The van der Waals surface area contributed by atoms with Crippen molar-refractivity contribution in [3.8, 4) is 11.1 Å². The first-order chi connectivity index (χ1) is 14.8. The number of carbonyl (C=O) groups excluding carboxylic acids is 1. The molecule has 2 aromatic carbocycles. The third-order valence-electron chi connectivity index (χ3n) is 5.11. The van der Waals surface area contributed by atoms with Gasteiger partial charge in [0.2, 0.25) is 0 Å². The number of hydrogen-bond donors (Lipinski definition) is 1. The van der Waals surface area contributed by atoms with E-state index in [0.717, 1.165) is 17.7 Å². The van der Waals surface area contributed by atoms with E-state index in [-0.39, 0.29) is 23.7 Å². The Balaban J connectivity index is 2.01. The van der Waals surface area contributed by atoms with Crippen LogP contribution in [0.1, 0.15) is 18.9 Å². The number of hydrogen-bond acceptors (Lipinski definition) is 5. The van der Waals surface area contributed by atoms with Crippen molar-refractivity contribution in [1.82, 2.24) is 4.90 Å². The van der Waals surface area contributed by atoms with E-state index in [9.17, 15) is 9.18 Å². The summed E-state index contributed by atoms with van der Waals surface area (Å²) in [7, 11) is 3.60. The molecule has 0 amide bonds. The number of benzene rings is 2. The molecule has 0 aromatic heterocycles. The van der Waals surface area contributed by atoms with E-state index in [4.69, 9.17) is 26.8 Å². The van der Waals surface area contributed by atoms with Gasteiger partial charge in [-0.1, -0.05) is 35.9 Å². The van der Waals surface area contributed by atoms with E-state index >= 15 is 0 Å². The summed E-state index contributed by atoms with van der Waals surface area (Å²) in [4.78, 5) is 14.5. The Morgan fingerprint density at radius 1 is 1.23 bits per heavy atom. The van der Waals surface area contributed by atoms with Gasteiger partial charge in [-0.05, 0) is 56.1 Å². The average Bonchev–Trinajstić information content (AvgIpc) is 2.74. The minimum atomic E-state index is -0.316. The highest BCUT2D eigenvalue weighted by atomic mass is 35.5. The topological polar surface area (TPSA) is 64.8 Å². The Labute approximate surface area is 189 Å². The van der Waals surface area contributed by atoms with E-state index in [1.54, 1.807) is 20.1 Å². The number of nitrogens with zero attached hydrogens (tertiary/aromatic N) is 1. The maximum Gasteiger partial charge on any atom is 0.310 e. The van der Waals surface area contributed by atoms with Crippen LogP contribution in [0.4, 0.5) is 4.39 Å². The van der Waals surface area contributed by atoms with Crippen molar-refractivity contribution in [2.75, 3.05) is 40.5 Å². The fourth-order valence-electron chi connectivity index (χ4n) is 3.51. The van der Waals surface area contributed by atoms with Gasteiger partial charge in [0, 0.05) is 36.8 Å². The number of ether oxygens (including phenoxy) is 2. The number of halogens is 2. The van der Waals surface area contributed by atoms with Crippen LogP contribution in [0.25, 0.3) is 11.1 Å². The zero-order valence-corrected chi connectivity index (χ0v) is 19.2. The summed E-state index contributed by atoms with van der Waals surface area (Å²) in [5.41, 5.74) is 8.62. The second kappa shape index (κ2) is 12.8. The van der Waals surface area contributed by atoms with Crippen molar-refractivity contribution in [2.24, 2.45) is 11.7 Å². The average molecular weight is 451 g/mol. The fourth-order valence-corrected chi connectivity index (χ4v) is 3.68. The molecule has 2 N–H and O–H groups in total. The number of esters is 1. The summed E-state index contributed by atoms with van der Waals surface area (Å²) < 4.78 is 24.4. The first-order valence-corrected chi connectivity index (χ1v) is 10.9. The Bertz CT molecular complexity index is 832. The van der Waals surface area contributed by atoms with Crippen LogP contribution < -0.4 is 5.73 Å². The van der Waals surface area contributed by atoms with Gasteiger partial charge in [-0.2, -0.15) is 0 Å². The van der Waals surface area contributed by atoms with Gasteiger partial charge in [0.15, 0.2) is 0 Å². The Morgan fingerprint density at radius 3 is 2.58 bits per heavy atom. The van der Waals surface area contributed by atoms with Crippen LogP contribution in [0.5, 0.6) is 0 Å². The van der Waals surface area contributed by atoms with E-state index in [0.29, 0.717) is 43.2 Å². The molecule has 0 aliphatic heterocycles. The van der Waals surface area contributed by atoms with Crippen LogP contribution in [-0.2, 0) is 20.7 Å². The minimum Gasteiger partial charge on any atom is -0.466 e. The number of rotatable bonds is 12. The van der Waals surface area contributed by atoms with Crippen molar-refractivity contribution in [1.29, 1.82) is 0 Å². The Morgan fingerprint density at radius 2 is 1.94 bits per heavy atom. The van der Waals surface area contributed by atoms with Gasteiger partial charge in [0.25, 0.3) is 0 Å². The zero-order chi connectivity index (χ0) is 22.8. The summed E-state index contributed by atoms with van der Waals surface area (Å²) >= 11 is 6.00. The summed E-state index contributed by atoms with van der Waals surface area (Å²) in [6.45, 7) is 4.02. The van der Waals surface area contributed by atoms with Crippen LogP contribution in [0, 0.1) is 11.7 Å². The summed E-state index contributed by atoms with van der Waals surface area (Å²) in [6, 6.07) is 11.9. The summed E-state index contributed by atoms with van der Waals surface area (Å²) in [5, 5.41) is 0.489. The highest BCUT2D eigenvalue weighted by Gasteiger charge is 2.24. The zero-order valence-electron chi connectivity index (χ0n) is 18.4. The van der Waals surface area contributed by atoms with Gasteiger partial charge in [0.1, 0.15) is 5.82 Å². The van der Waals surface area contributed by atoms with Crippen molar-refractivity contribution in [3.63, 3.8) is 0 Å². The molecule has 0 bridgehead atoms. The van der Waals surface area contributed by atoms with E-state index in [1.807, 2.05) is 36.2 Å². The van der Waals surface area contributed by atoms with Gasteiger partial charge in [0.05, 0.1) is 19.1 Å². The molecule has 0 saturated carbocycles. The second-order valence-electron chi connectivity index (χ2n) is 7.73. The lowest BCUT2D eigenvalue weighted by Gasteiger charge is -2.25. The molecule has 0 radical (unpaired) electrons. The quantitative estimate of drug-likeness (QED) is 0.492. The predicted octanol–water partition coefficient (Wildman–Crippen LogP) is 4.16. The first-order valence-electron chi connectivity index (χ1n) is 10.5. The van der Waals surface area contributed by atoms with Crippen LogP contribution in [-0.4, -0.2) is 57.4 Å². The van der Waals surface area contributed by atoms with Crippen LogP contribution in [0.2, 0.25) is 5.02 Å². The van der Waals surface area contributed by atoms with Crippen LogP contribution in [0.3, 0.4) is 0 Å². The molecular formula is C24H32ClFN2O3. The van der Waals surface area contributed by atoms with E-state index < -0.39 is 0 Å². The number of carbonyl (C=O) groups is 1. The monoisotopic (exact) mass is 450 g/mol. The normalized spacial score (nSPS) is 13.3. The van der Waals surface area contributed by atoms with Crippen molar-refractivity contribution < 1.29 is 18.7 Å². The SMILES string of the molecule is CCOC(=O)C(CC(N)Cc1ccc(-c2cc(Cl)ccc2F)cc1)CN(C)CCOC. The Hall–Kier alpha value is -1.99. The molecule has 0 aliphatic carbocycles. The van der Waals surface area contributed by atoms with Gasteiger partial charge >= 0.3 is 5.97 Å². The van der Waals surface area contributed by atoms with Crippen molar-refractivity contribution in [2.45, 2.75) is 25.8 Å². The maximum atomic E-state index is 14.1. The van der Waals surface area contributed by atoms with Gasteiger partial charge < -0.3 is 20.1 Å². The fraction of sp³-hybridized carbons (Fsp3) is 0.458. The predicted molar refractivity (Wildman–Crippen MR) is 123 cm³/mol. The highest BCUT2D eigenvalue weighted by molar-refractivity contribution is 6.30. The summed E-state index contributed by atoms with van der Waals surface area (Å²) in [5.74, 6) is -0.852.